The van der Waals surface area contributed by atoms with Crippen LogP contribution in [0.15, 0.2) is 36.5 Å². The number of pyridine rings is 1. The molecule has 0 saturated carbocycles. The highest BCUT2D eigenvalue weighted by Crippen LogP contribution is 2.13. The largest absolute Gasteiger partial charge is 0.477 e. The van der Waals surface area contributed by atoms with Crippen molar-refractivity contribution in [3.8, 4) is 0 Å². The van der Waals surface area contributed by atoms with Crippen LogP contribution in [0.1, 0.15) is 40.9 Å². The van der Waals surface area contributed by atoms with Gasteiger partial charge >= 0.3 is 5.97 Å². The van der Waals surface area contributed by atoms with Crippen molar-refractivity contribution >= 4 is 17.7 Å². The van der Waals surface area contributed by atoms with Crippen molar-refractivity contribution in [2.75, 3.05) is 5.32 Å². The molecular weight excluding hydrogens is 258 g/mol. The number of hydrogen-bond acceptors (Lipinski definition) is 3. The normalized spacial score (nSPS) is 10.6. The second-order valence-corrected chi connectivity index (χ2v) is 4.56. The Morgan fingerprint density at radius 3 is 2.65 bits per heavy atom. The van der Waals surface area contributed by atoms with Crippen LogP contribution >= 0.6 is 0 Å². The van der Waals surface area contributed by atoms with Crippen molar-refractivity contribution in [1.29, 1.82) is 0 Å². The van der Waals surface area contributed by atoms with Crippen LogP contribution in [0.2, 0.25) is 0 Å². The summed E-state index contributed by atoms with van der Waals surface area (Å²) in [5, 5.41) is 11.5. The van der Waals surface area contributed by atoms with Gasteiger partial charge in [0, 0.05) is 12.2 Å². The van der Waals surface area contributed by atoms with E-state index in [4.69, 9.17) is 5.11 Å². The molecule has 6 nitrogen and oxygen atoms in total. The van der Waals surface area contributed by atoms with Gasteiger partial charge in [-0.2, -0.15) is 0 Å². The van der Waals surface area contributed by atoms with Crippen molar-refractivity contribution in [2.24, 2.45) is 0 Å². The second-order valence-electron chi connectivity index (χ2n) is 4.56. The van der Waals surface area contributed by atoms with Crippen molar-refractivity contribution < 1.29 is 14.7 Å². The van der Waals surface area contributed by atoms with E-state index in [2.05, 4.69) is 10.3 Å². The van der Waals surface area contributed by atoms with Gasteiger partial charge in [0.1, 0.15) is 11.5 Å². The van der Waals surface area contributed by atoms with Crippen LogP contribution in [0.3, 0.4) is 0 Å². The zero-order chi connectivity index (χ0) is 14.7. The number of carboxylic acids is 1. The molecule has 0 unspecified atom stereocenters. The number of nitrogens with one attached hydrogen (secondary N) is 1. The molecule has 2 heterocycles. The Balaban J connectivity index is 2.21. The number of rotatable bonds is 4. The standard InChI is InChI=1S/C14H15N3O3/c1-9(2)17-8-4-6-11(17)13(18)16-12-7-3-5-10(15-12)14(19)20/h3-9H,1-2H3,(H,19,20)(H,15,16,18). The first-order chi connectivity index (χ1) is 9.49. The first kappa shape index (κ1) is 13.8. The number of aromatic carboxylic acids is 1. The minimum Gasteiger partial charge on any atom is -0.477 e. The fourth-order valence-electron chi connectivity index (χ4n) is 1.84. The maximum absolute atomic E-state index is 12.2. The maximum Gasteiger partial charge on any atom is 0.354 e. The summed E-state index contributed by atoms with van der Waals surface area (Å²) in [7, 11) is 0. The van der Waals surface area contributed by atoms with Gasteiger partial charge in [0.25, 0.3) is 5.91 Å². The molecule has 6 heteroatoms. The Bertz CT molecular complexity index is 647. The van der Waals surface area contributed by atoms with Crippen LogP contribution in [0.4, 0.5) is 5.82 Å². The molecule has 0 fully saturated rings. The summed E-state index contributed by atoms with van der Waals surface area (Å²) in [4.78, 5) is 26.8. The third-order valence-electron chi connectivity index (χ3n) is 2.78. The molecular formula is C14H15N3O3. The minimum absolute atomic E-state index is 0.109. The molecule has 2 rings (SSSR count). The monoisotopic (exact) mass is 273 g/mol. The van der Waals surface area contributed by atoms with Crippen LogP contribution < -0.4 is 5.32 Å². The molecule has 0 atom stereocenters. The highest BCUT2D eigenvalue weighted by molar-refractivity contribution is 6.02. The van der Waals surface area contributed by atoms with E-state index >= 15 is 0 Å². The third kappa shape index (κ3) is 2.85. The summed E-state index contributed by atoms with van der Waals surface area (Å²) >= 11 is 0. The van der Waals surface area contributed by atoms with E-state index in [-0.39, 0.29) is 23.5 Å². The summed E-state index contributed by atoms with van der Waals surface area (Å²) in [6.45, 7) is 3.94. The summed E-state index contributed by atoms with van der Waals surface area (Å²) in [5.74, 6) is -1.24. The SMILES string of the molecule is CC(C)n1cccc1C(=O)Nc1cccc(C(=O)O)n1. The number of amides is 1. The van der Waals surface area contributed by atoms with E-state index in [1.165, 1.54) is 12.1 Å². The van der Waals surface area contributed by atoms with E-state index < -0.39 is 5.97 Å². The quantitative estimate of drug-likeness (QED) is 0.896. The van der Waals surface area contributed by atoms with Gasteiger partial charge in [0.05, 0.1) is 0 Å². The summed E-state index contributed by atoms with van der Waals surface area (Å²) < 4.78 is 1.83. The van der Waals surface area contributed by atoms with Crippen molar-refractivity contribution in [3.05, 3.63) is 47.9 Å². The Kier molecular flexibility index (Phi) is 3.84. The van der Waals surface area contributed by atoms with Gasteiger partial charge < -0.3 is 15.0 Å². The van der Waals surface area contributed by atoms with E-state index in [0.29, 0.717) is 5.69 Å². The lowest BCUT2D eigenvalue weighted by Gasteiger charge is -2.12. The third-order valence-corrected chi connectivity index (χ3v) is 2.78. The molecule has 2 aromatic heterocycles. The molecule has 104 valence electrons. The first-order valence-corrected chi connectivity index (χ1v) is 6.17. The summed E-state index contributed by atoms with van der Waals surface area (Å²) in [5.41, 5.74) is 0.393. The van der Waals surface area contributed by atoms with Crippen molar-refractivity contribution in [2.45, 2.75) is 19.9 Å². The molecule has 0 aliphatic rings. The average Bonchev–Trinajstić information content (AvgIpc) is 2.88. The van der Waals surface area contributed by atoms with Crippen molar-refractivity contribution in [1.82, 2.24) is 9.55 Å². The van der Waals surface area contributed by atoms with Crippen LogP contribution in [-0.4, -0.2) is 26.5 Å². The Labute approximate surface area is 116 Å². The number of carbonyl (C=O) groups excluding carboxylic acids is 1. The van der Waals surface area contributed by atoms with E-state index in [1.807, 2.05) is 24.6 Å². The summed E-state index contributed by atoms with van der Waals surface area (Å²) in [6.07, 6.45) is 1.82. The molecule has 0 saturated heterocycles. The average molecular weight is 273 g/mol. The van der Waals surface area contributed by atoms with Gasteiger partial charge in [0.15, 0.2) is 5.69 Å². The second kappa shape index (κ2) is 5.56. The van der Waals surface area contributed by atoms with E-state index in [0.717, 1.165) is 0 Å². The molecule has 2 aromatic rings. The van der Waals surface area contributed by atoms with Gasteiger partial charge in [-0.05, 0) is 38.1 Å². The molecule has 0 aliphatic heterocycles. The van der Waals surface area contributed by atoms with Crippen molar-refractivity contribution in [3.63, 3.8) is 0 Å². The predicted molar refractivity (Wildman–Crippen MR) is 74.0 cm³/mol. The van der Waals surface area contributed by atoms with Gasteiger partial charge in [-0.3, -0.25) is 4.79 Å². The van der Waals surface area contributed by atoms with Gasteiger partial charge in [-0.25, -0.2) is 9.78 Å². The van der Waals surface area contributed by atoms with Gasteiger partial charge in [0.2, 0.25) is 0 Å². The molecule has 0 aromatic carbocycles. The number of nitrogens with zero attached hydrogens (tertiary/aromatic N) is 2. The lowest BCUT2D eigenvalue weighted by Crippen LogP contribution is -2.18. The Morgan fingerprint density at radius 2 is 2.00 bits per heavy atom. The fraction of sp³-hybridized carbons (Fsp3) is 0.214. The predicted octanol–water partition coefficient (Wildman–Crippen LogP) is 2.41. The van der Waals surface area contributed by atoms with E-state index in [9.17, 15) is 9.59 Å². The number of aromatic nitrogens is 2. The molecule has 0 radical (unpaired) electrons. The summed E-state index contributed by atoms with van der Waals surface area (Å²) in [6, 6.07) is 8.10. The number of carbonyl (C=O) groups is 2. The molecule has 0 bridgehead atoms. The molecule has 0 aliphatic carbocycles. The van der Waals surface area contributed by atoms with Crippen LogP contribution in [0.5, 0.6) is 0 Å². The molecule has 2 N–H and O–H groups in total. The minimum atomic E-state index is -1.13. The van der Waals surface area contributed by atoms with Crippen LogP contribution in [0.25, 0.3) is 0 Å². The fourth-order valence-corrected chi connectivity index (χ4v) is 1.84. The lowest BCUT2D eigenvalue weighted by molar-refractivity contribution is 0.0690. The Hall–Kier alpha value is -2.63. The number of hydrogen-bond donors (Lipinski definition) is 2. The zero-order valence-corrected chi connectivity index (χ0v) is 11.2. The highest BCUT2D eigenvalue weighted by Gasteiger charge is 2.14. The van der Waals surface area contributed by atoms with Crippen LogP contribution in [-0.2, 0) is 0 Å². The van der Waals surface area contributed by atoms with Crippen LogP contribution in [0, 0.1) is 0 Å². The Morgan fingerprint density at radius 1 is 1.25 bits per heavy atom. The van der Waals surface area contributed by atoms with Gasteiger partial charge in [-0.1, -0.05) is 6.07 Å². The number of anilines is 1. The number of carboxylic acid groups (broad SMARTS) is 1. The maximum atomic E-state index is 12.2. The molecule has 20 heavy (non-hydrogen) atoms. The highest BCUT2D eigenvalue weighted by atomic mass is 16.4. The molecule has 1 amide bonds. The molecule has 0 spiro atoms. The smallest absolute Gasteiger partial charge is 0.354 e. The van der Waals surface area contributed by atoms with E-state index in [1.54, 1.807) is 18.2 Å². The lowest BCUT2D eigenvalue weighted by atomic mass is 10.3. The first-order valence-electron chi connectivity index (χ1n) is 6.17. The topological polar surface area (TPSA) is 84.2 Å². The van der Waals surface area contributed by atoms with Gasteiger partial charge in [-0.15, -0.1) is 0 Å². The zero-order valence-electron chi connectivity index (χ0n) is 11.2.